The molecule has 0 atom stereocenters. The Morgan fingerprint density at radius 2 is 1.19 bits per heavy atom. The number of hydrogen-bond acceptors (Lipinski definition) is 7. The summed E-state index contributed by atoms with van der Waals surface area (Å²) in [5, 5.41) is 0. The van der Waals surface area contributed by atoms with E-state index in [1.54, 1.807) is 48.5 Å². The van der Waals surface area contributed by atoms with Gasteiger partial charge in [-0.2, -0.15) is 0 Å². The highest BCUT2D eigenvalue weighted by Gasteiger charge is 2.23. The highest BCUT2D eigenvalue weighted by atomic mass is 16.5. The van der Waals surface area contributed by atoms with Gasteiger partial charge in [0.1, 0.15) is 17.2 Å². The first kappa shape index (κ1) is 25.7. The fourth-order valence-corrected chi connectivity index (χ4v) is 3.53. The van der Waals surface area contributed by atoms with E-state index in [1.807, 2.05) is 24.3 Å². The molecule has 37 heavy (non-hydrogen) atoms. The van der Waals surface area contributed by atoms with Crippen LogP contribution in [0.4, 0.5) is 0 Å². The molecule has 3 aromatic rings. The molecule has 190 valence electrons. The predicted molar refractivity (Wildman–Crippen MR) is 137 cm³/mol. The molecule has 0 aliphatic heterocycles. The number of ether oxygens (including phenoxy) is 4. The summed E-state index contributed by atoms with van der Waals surface area (Å²) in [5.74, 6) is 0.618. The topological polar surface area (TPSA) is 88.1 Å². The third kappa shape index (κ3) is 7.80. The molecule has 1 aliphatic carbocycles. The molecule has 0 spiro atoms. The van der Waals surface area contributed by atoms with Crippen molar-refractivity contribution >= 4 is 17.9 Å². The summed E-state index contributed by atoms with van der Waals surface area (Å²) in [6.07, 6.45) is 4.95. The Balaban J connectivity index is 1.21. The molecule has 0 saturated heterocycles. The van der Waals surface area contributed by atoms with Crippen molar-refractivity contribution in [3.8, 4) is 17.2 Å². The summed E-state index contributed by atoms with van der Waals surface area (Å²) >= 11 is 0. The molecule has 1 aliphatic rings. The lowest BCUT2D eigenvalue weighted by atomic mass is 10.1. The van der Waals surface area contributed by atoms with Crippen LogP contribution in [0.1, 0.15) is 57.9 Å². The number of benzene rings is 3. The Kier molecular flexibility index (Phi) is 8.70. The maximum Gasteiger partial charge on any atom is 0.343 e. The quantitative estimate of drug-likeness (QED) is 0.133. The summed E-state index contributed by atoms with van der Waals surface area (Å²) < 4.78 is 21.4. The first-order valence-electron chi connectivity index (χ1n) is 12.2. The zero-order chi connectivity index (χ0) is 26.0. The molecular weight excluding hydrogens is 472 g/mol. The molecule has 1 saturated carbocycles. The Morgan fingerprint density at radius 1 is 0.703 bits per heavy atom. The van der Waals surface area contributed by atoms with Gasteiger partial charge < -0.3 is 18.9 Å². The fourth-order valence-electron chi connectivity index (χ4n) is 3.53. The Labute approximate surface area is 215 Å². The summed E-state index contributed by atoms with van der Waals surface area (Å²) in [6, 6.07) is 20.4. The van der Waals surface area contributed by atoms with Gasteiger partial charge in [-0.15, -0.1) is 0 Å². The molecule has 1 fully saturated rings. The number of hydrogen-bond donors (Lipinski definition) is 0. The molecule has 0 N–H and O–H groups in total. The normalized spacial score (nSPS) is 12.3. The van der Waals surface area contributed by atoms with Gasteiger partial charge in [-0.25, -0.2) is 14.4 Å². The van der Waals surface area contributed by atoms with Crippen molar-refractivity contribution in [3.05, 3.63) is 102 Å². The fraction of sp³-hybridized carbons (Fsp3) is 0.233. The van der Waals surface area contributed by atoms with Gasteiger partial charge in [0.05, 0.1) is 24.3 Å². The predicted octanol–water partition coefficient (Wildman–Crippen LogP) is 5.89. The van der Waals surface area contributed by atoms with Gasteiger partial charge in [0.2, 0.25) is 0 Å². The van der Waals surface area contributed by atoms with Crippen LogP contribution in [0.3, 0.4) is 0 Å². The molecule has 0 radical (unpaired) electrons. The number of esters is 3. The summed E-state index contributed by atoms with van der Waals surface area (Å²) in [6.45, 7) is 4.11. The number of unbranched alkanes of at least 4 members (excludes halogenated alkanes) is 1. The minimum Gasteiger partial charge on any atom is -0.494 e. The molecular formula is C30H28O7. The van der Waals surface area contributed by atoms with E-state index < -0.39 is 17.9 Å². The van der Waals surface area contributed by atoms with Gasteiger partial charge in [0, 0.05) is 6.08 Å². The minimum absolute atomic E-state index is 0.313. The first-order chi connectivity index (χ1) is 18.0. The molecule has 3 aromatic carbocycles. The monoisotopic (exact) mass is 500 g/mol. The second kappa shape index (κ2) is 12.5. The van der Waals surface area contributed by atoms with E-state index in [1.165, 1.54) is 18.4 Å². The van der Waals surface area contributed by atoms with Crippen LogP contribution in [0.2, 0.25) is 0 Å². The lowest BCUT2D eigenvalue weighted by Gasteiger charge is -2.08. The summed E-state index contributed by atoms with van der Waals surface area (Å²) in [5.41, 5.74) is 1.99. The molecule has 7 nitrogen and oxygen atoms in total. The largest absolute Gasteiger partial charge is 0.494 e. The third-order valence-electron chi connectivity index (χ3n) is 5.75. The van der Waals surface area contributed by atoms with Crippen molar-refractivity contribution in [2.45, 2.75) is 31.6 Å². The maximum atomic E-state index is 12.5. The molecule has 0 amide bonds. The van der Waals surface area contributed by atoms with Crippen molar-refractivity contribution < 1.29 is 33.3 Å². The zero-order valence-electron chi connectivity index (χ0n) is 20.4. The van der Waals surface area contributed by atoms with Crippen LogP contribution in [0, 0.1) is 0 Å². The van der Waals surface area contributed by atoms with Gasteiger partial charge in [-0.1, -0.05) is 18.7 Å². The van der Waals surface area contributed by atoms with Crippen LogP contribution in [0.5, 0.6) is 17.2 Å². The van der Waals surface area contributed by atoms with E-state index in [0.717, 1.165) is 6.08 Å². The highest BCUT2D eigenvalue weighted by Crippen LogP contribution is 2.40. The van der Waals surface area contributed by atoms with E-state index in [0.29, 0.717) is 60.3 Å². The first-order valence-corrected chi connectivity index (χ1v) is 12.2. The van der Waals surface area contributed by atoms with Crippen LogP contribution < -0.4 is 14.2 Å². The lowest BCUT2D eigenvalue weighted by Crippen LogP contribution is -2.10. The number of carbonyl (C=O) groups excluding carboxylic acids is 3. The average Bonchev–Trinajstić information content (AvgIpc) is 3.77. The van der Waals surface area contributed by atoms with Crippen molar-refractivity contribution in [2.24, 2.45) is 0 Å². The molecule has 0 unspecified atom stereocenters. The minimum atomic E-state index is -0.526. The number of rotatable bonds is 12. The van der Waals surface area contributed by atoms with Gasteiger partial charge in [-0.3, -0.25) is 0 Å². The van der Waals surface area contributed by atoms with E-state index in [2.05, 4.69) is 6.58 Å². The zero-order valence-corrected chi connectivity index (χ0v) is 20.4. The number of carbonyl (C=O) groups is 3. The van der Waals surface area contributed by atoms with Crippen molar-refractivity contribution in [1.82, 2.24) is 0 Å². The Morgan fingerprint density at radius 3 is 1.70 bits per heavy atom. The SMILES string of the molecule is C=CC(=O)OCCCCOc1ccc(C(=O)Oc2ccc(C(=O)Oc3ccc(C4CC4)cc3)cc2)cc1. The van der Waals surface area contributed by atoms with Crippen LogP contribution in [-0.2, 0) is 9.53 Å². The van der Waals surface area contributed by atoms with Gasteiger partial charge >= 0.3 is 17.9 Å². The smallest absolute Gasteiger partial charge is 0.343 e. The summed E-state index contributed by atoms with van der Waals surface area (Å²) in [7, 11) is 0. The third-order valence-corrected chi connectivity index (χ3v) is 5.75. The molecule has 0 aromatic heterocycles. The van der Waals surface area contributed by atoms with Crippen LogP contribution in [0.15, 0.2) is 85.5 Å². The van der Waals surface area contributed by atoms with E-state index in [-0.39, 0.29) is 0 Å². The molecule has 4 rings (SSSR count). The molecule has 0 heterocycles. The van der Waals surface area contributed by atoms with Crippen LogP contribution >= 0.6 is 0 Å². The molecule has 0 bridgehead atoms. The van der Waals surface area contributed by atoms with Crippen molar-refractivity contribution in [1.29, 1.82) is 0 Å². The maximum absolute atomic E-state index is 12.5. The van der Waals surface area contributed by atoms with E-state index >= 15 is 0 Å². The standard InChI is InChI=1S/C30H28O7/c1-2-28(31)35-20-4-3-19-34-25-13-9-23(10-14-25)29(32)37-27-17-11-24(12-18-27)30(33)36-26-15-7-22(8-16-26)21-5-6-21/h2,7-18,21H,1,3-6,19-20H2. The van der Waals surface area contributed by atoms with Crippen molar-refractivity contribution in [2.75, 3.05) is 13.2 Å². The van der Waals surface area contributed by atoms with Crippen LogP contribution in [-0.4, -0.2) is 31.1 Å². The highest BCUT2D eigenvalue weighted by molar-refractivity contribution is 5.92. The average molecular weight is 501 g/mol. The Bertz CT molecular complexity index is 1220. The van der Waals surface area contributed by atoms with E-state index in [9.17, 15) is 14.4 Å². The van der Waals surface area contributed by atoms with Crippen LogP contribution in [0.25, 0.3) is 0 Å². The van der Waals surface area contributed by atoms with E-state index in [4.69, 9.17) is 18.9 Å². The second-order valence-electron chi connectivity index (χ2n) is 8.60. The summed E-state index contributed by atoms with van der Waals surface area (Å²) in [4.78, 5) is 35.9. The lowest BCUT2D eigenvalue weighted by molar-refractivity contribution is -0.137. The van der Waals surface area contributed by atoms with Gasteiger partial charge in [0.15, 0.2) is 0 Å². The van der Waals surface area contributed by atoms with Crippen molar-refractivity contribution in [3.63, 3.8) is 0 Å². The Hall–Kier alpha value is -4.39. The second-order valence-corrected chi connectivity index (χ2v) is 8.60. The van der Waals surface area contributed by atoms with Gasteiger partial charge in [-0.05, 0) is 97.8 Å². The molecule has 7 heteroatoms. The van der Waals surface area contributed by atoms with Gasteiger partial charge in [0.25, 0.3) is 0 Å².